The van der Waals surface area contributed by atoms with E-state index in [1.807, 2.05) is 47.4 Å². The Bertz CT molecular complexity index is 728. The summed E-state index contributed by atoms with van der Waals surface area (Å²) in [4.78, 5) is 17.4. The van der Waals surface area contributed by atoms with Crippen molar-refractivity contribution in [1.82, 2.24) is 4.90 Å². The summed E-state index contributed by atoms with van der Waals surface area (Å²) in [5, 5.41) is 0. The van der Waals surface area contributed by atoms with E-state index < -0.39 is 0 Å². The van der Waals surface area contributed by atoms with Gasteiger partial charge in [0.1, 0.15) is 0 Å². The molecule has 0 heterocycles. The maximum absolute atomic E-state index is 13.1. The van der Waals surface area contributed by atoms with Gasteiger partial charge in [-0.15, -0.1) is 0 Å². The van der Waals surface area contributed by atoms with E-state index in [0.29, 0.717) is 0 Å². The van der Waals surface area contributed by atoms with Crippen LogP contribution in [0.5, 0.6) is 0 Å². The molecule has 3 heteroatoms. The third-order valence-electron chi connectivity index (χ3n) is 4.94. The Labute approximate surface area is 164 Å². The summed E-state index contributed by atoms with van der Waals surface area (Å²) < 4.78 is 0. The number of anilines is 1. The van der Waals surface area contributed by atoms with Gasteiger partial charge in [-0.05, 0) is 62.7 Å². The van der Waals surface area contributed by atoms with Crippen LogP contribution in [0, 0.1) is 13.8 Å². The molecule has 0 aliphatic heterocycles. The third-order valence-corrected chi connectivity index (χ3v) is 4.94. The number of aryl methyl sites for hydroxylation is 2. The number of nitrogens with zero attached hydrogens (tertiary/aromatic N) is 2. The number of carbonyl (C=O) groups excluding carboxylic acids is 1. The van der Waals surface area contributed by atoms with Gasteiger partial charge in [0.2, 0.25) is 0 Å². The smallest absolute Gasteiger partial charge is 0.251 e. The van der Waals surface area contributed by atoms with Gasteiger partial charge in [-0.25, -0.2) is 0 Å². The average molecular weight is 365 g/mol. The van der Waals surface area contributed by atoms with Crippen molar-refractivity contribution in [3.63, 3.8) is 0 Å². The van der Waals surface area contributed by atoms with E-state index in [9.17, 15) is 4.79 Å². The lowest BCUT2D eigenvalue weighted by Gasteiger charge is -2.27. The van der Waals surface area contributed by atoms with Gasteiger partial charge < -0.3 is 9.80 Å². The molecule has 0 aliphatic rings. The van der Waals surface area contributed by atoms with Crippen LogP contribution in [0.2, 0.25) is 0 Å². The molecule has 2 aromatic rings. The Hall–Kier alpha value is -2.39. The molecule has 2 aromatic carbocycles. The molecule has 2 rings (SSSR count). The minimum Gasteiger partial charge on any atom is -0.308 e. The summed E-state index contributed by atoms with van der Waals surface area (Å²) in [6, 6.07) is 16.2. The third kappa shape index (κ3) is 6.07. The molecule has 0 aliphatic carbocycles. The molecule has 0 unspecified atom stereocenters. The summed E-state index contributed by atoms with van der Waals surface area (Å²) in [6.07, 6.45) is 4.55. The van der Waals surface area contributed by atoms with Gasteiger partial charge >= 0.3 is 0 Å². The average Bonchev–Trinajstić information content (AvgIpc) is 2.68. The van der Waals surface area contributed by atoms with Crippen LogP contribution in [0.3, 0.4) is 0 Å². The molecular formula is C24H32N2O. The molecule has 0 spiro atoms. The lowest BCUT2D eigenvalue weighted by Crippen LogP contribution is -2.34. The number of hydrogen-bond donors (Lipinski definition) is 0. The molecule has 0 fully saturated rings. The highest BCUT2D eigenvalue weighted by atomic mass is 16.2. The van der Waals surface area contributed by atoms with Crippen molar-refractivity contribution in [2.75, 3.05) is 31.1 Å². The van der Waals surface area contributed by atoms with Gasteiger partial charge in [-0.1, -0.05) is 62.4 Å². The maximum Gasteiger partial charge on any atom is 0.251 e. The van der Waals surface area contributed by atoms with Crippen LogP contribution in [0.15, 0.2) is 54.6 Å². The zero-order chi connectivity index (χ0) is 19.6. The van der Waals surface area contributed by atoms with Crippen LogP contribution in [0.25, 0.3) is 6.08 Å². The Morgan fingerprint density at radius 3 is 2.11 bits per heavy atom. The predicted octanol–water partition coefficient (Wildman–Crippen LogP) is 5.08. The van der Waals surface area contributed by atoms with E-state index in [4.69, 9.17) is 0 Å². The van der Waals surface area contributed by atoms with Crippen molar-refractivity contribution in [2.45, 2.75) is 34.1 Å². The standard InChI is InChI=1S/C24H32N2O/c1-5-25(6-2)18-11-19-26(24-20(3)12-10-13-21(24)4)23(27)17-16-22-14-8-7-9-15-22/h7-10,12-17H,5-6,11,18-19H2,1-4H3. The van der Waals surface area contributed by atoms with Crippen molar-refractivity contribution >= 4 is 17.7 Å². The van der Waals surface area contributed by atoms with E-state index >= 15 is 0 Å². The number of hydrogen-bond acceptors (Lipinski definition) is 2. The van der Waals surface area contributed by atoms with Crippen LogP contribution < -0.4 is 4.90 Å². The molecule has 0 radical (unpaired) electrons. The first kappa shape index (κ1) is 20.9. The van der Waals surface area contributed by atoms with Gasteiger partial charge in [0, 0.05) is 18.3 Å². The summed E-state index contributed by atoms with van der Waals surface area (Å²) in [6.45, 7) is 12.3. The van der Waals surface area contributed by atoms with Crippen LogP contribution >= 0.6 is 0 Å². The molecule has 0 atom stereocenters. The highest BCUT2D eigenvalue weighted by molar-refractivity contribution is 6.04. The van der Waals surface area contributed by atoms with Crippen molar-refractivity contribution in [3.8, 4) is 0 Å². The largest absolute Gasteiger partial charge is 0.308 e. The monoisotopic (exact) mass is 364 g/mol. The summed E-state index contributed by atoms with van der Waals surface area (Å²) in [5.74, 6) is 0.0378. The number of benzene rings is 2. The molecule has 0 saturated heterocycles. The number of para-hydroxylation sites is 1. The van der Waals surface area contributed by atoms with Crippen LogP contribution in [0.1, 0.15) is 37.0 Å². The van der Waals surface area contributed by atoms with Gasteiger partial charge in [0.25, 0.3) is 5.91 Å². The SMILES string of the molecule is CCN(CC)CCCN(C(=O)C=Cc1ccccc1)c1c(C)cccc1C. The number of carbonyl (C=O) groups is 1. The Morgan fingerprint density at radius 1 is 0.889 bits per heavy atom. The Morgan fingerprint density at radius 2 is 1.52 bits per heavy atom. The van der Waals surface area contributed by atoms with Crippen molar-refractivity contribution in [1.29, 1.82) is 0 Å². The van der Waals surface area contributed by atoms with Crippen molar-refractivity contribution < 1.29 is 4.79 Å². The van der Waals surface area contributed by atoms with E-state index in [1.54, 1.807) is 6.08 Å². The first-order chi connectivity index (χ1) is 13.1. The van der Waals surface area contributed by atoms with Crippen LogP contribution in [-0.4, -0.2) is 37.0 Å². The second-order valence-electron chi connectivity index (χ2n) is 6.85. The summed E-state index contributed by atoms with van der Waals surface area (Å²) in [5.41, 5.74) is 4.36. The fourth-order valence-corrected chi connectivity index (χ4v) is 3.38. The maximum atomic E-state index is 13.1. The van der Waals surface area contributed by atoms with E-state index in [-0.39, 0.29) is 5.91 Å². The normalized spacial score (nSPS) is 11.3. The number of rotatable bonds is 9. The summed E-state index contributed by atoms with van der Waals surface area (Å²) in [7, 11) is 0. The van der Waals surface area contributed by atoms with Gasteiger partial charge in [-0.2, -0.15) is 0 Å². The second kappa shape index (κ2) is 10.7. The van der Waals surface area contributed by atoms with Crippen molar-refractivity contribution in [2.24, 2.45) is 0 Å². The van der Waals surface area contributed by atoms with E-state index in [1.165, 1.54) is 0 Å². The van der Waals surface area contributed by atoms with Gasteiger partial charge in [0.15, 0.2) is 0 Å². The number of amides is 1. The topological polar surface area (TPSA) is 23.6 Å². The summed E-state index contributed by atoms with van der Waals surface area (Å²) >= 11 is 0. The van der Waals surface area contributed by atoms with E-state index in [0.717, 1.165) is 55.0 Å². The minimum atomic E-state index is 0.0378. The highest BCUT2D eigenvalue weighted by Crippen LogP contribution is 2.25. The first-order valence-corrected chi connectivity index (χ1v) is 9.90. The molecule has 0 bridgehead atoms. The van der Waals surface area contributed by atoms with Crippen LogP contribution in [0.4, 0.5) is 5.69 Å². The predicted molar refractivity (Wildman–Crippen MR) is 116 cm³/mol. The molecule has 27 heavy (non-hydrogen) atoms. The molecular weight excluding hydrogens is 332 g/mol. The zero-order valence-electron chi connectivity index (χ0n) is 17.1. The minimum absolute atomic E-state index is 0.0378. The molecule has 144 valence electrons. The molecule has 3 nitrogen and oxygen atoms in total. The van der Waals surface area contributed by atoms with Gasteiger partial charge in [0.05, 0.1) is 0 Å². The van der Waals surface area contributed by atoms with E-state index in [2.05, 4.69) is 44.7 Å². The van der Waals surface area contributed by atoms with Crippen LogP contribution in [-0.2, 0) is 4.79 Å². The zero-order valence-corrected chi connectivity index (χ0v) is 17.1. The molecule has 0 N–H and O–H groups in total. The first-order valence-electron chi connectivity index (χ1n) is 9.90. The second-order valence-corrected chi connectivity index (χ2v) is 6.85. The lowest BCUT2D eigenvalue weighted by molar-refractivity contribution is -0.114. The highest BCUT2D eigenvalue weighted by Gasteiger charge is 2.17. The fourth-order valence-electron chi connectivity index (χ4n) is 3.38. The quantitative estimate of drug-likeness (QED) is 0.579. The molecule has 1 amide bonds. The Kier molecular flexibility index (Phi) is 8.28. The van der Waals surface area contributed by atoms with Gasteiger partial charge in [-0.3, -0.25) is 4.79 Å². The molecule has 0 aromatic heterocycles. The van der Waals surface area contributed by atoms with Crippen molar-refractivity contribution in [3.05, 3.63) is 71.3 Å². The fraction of sp³-hybridized carbons (Fsp3) is 0.375. The lowest BCUT2D eigenvalue weighted by atomic mass is 10.1. The Balaban J connectivity index is 2.21. The molecule has 0 saturated carbocycles.